The summed E-state index contributed by atoms with van der Waals surface area (Å²) in [6.45, 7) is 2.96. The first-order valence-corrected chi connectivity index (χ1v) is 10.2. The number of carbonyl (C=O) groups excluding carboxylic acids is 2. The molecule has 0 bridgehead atoms. The van der Waals surface area contributed by atoms with Gasteiger partial charge >= 0.3 is 5.97 Å². The van der Waals surface area contributed by atoms with Crippen molar-refractivity contribution in [1.82, 2.24) is 14.3 Å². The minimum absolute atomic E-state index is 0.0112. The van der Waals surface area contributed by atoms with Crippen LogP contribution in [0.15, 0.2) is 36.5 Å². The van der Waals surface area contributed by atoms with Crippen LogP contribution in [0.1, 0.15) is 23.0 Å². The number of esters is 1. The molecule has 3 heterocycles. The lowest BCUT2D eigenvalue weighted by Crippen LogP contribution is -2.45. The number of nitrogens with zero attached hydrogens (tertiary/aromatic N) is 3. The number of rotatable bonds is 4. The SMILES string of the molecule is COC(=O)c1ccc(-c2nc3cc(Cl)ccn3c2CC2CN(C(C)=O)CCO2)c(F)c1. The van der Waals surface area contributed by atoms with Gasteiger partial charge < -0.3 is 18.8 Å². The van der Waals surface area contributed by atoms with Crippen molar-refractivity contribution in [1.29, 1.82) is 0 Å². The van der Waals surface area contributed by atoms with Crippen molar-refractivity contribution in [3.05, 3.63) is 58.6 Å². The van der Waals surface area contributed by atoms with Crippen LogP contribution in [0.3, 0.4) is 0 Å². The summed E-state index contributed by atoms with van der Waals surface area (Å²) in [5.41, 5.74) is 2.09. The van der Waals surface area contributed by atoms with E-state index in [0.717, 1.165) is 11.8 Å². The van der Waals surface area contributed by atoms with Crippen molar-refractivity contribution in [2.75, 3.05) is 26.8 Å². The van der Waals surface area contributed by atoms with E-state index in [1.165, 1.54) is 26.2 Å². The molecule has 1 unspecified atom stereocenters. The molecule has 0 saturated carbocycles. The third-order valence-electron chi connectivity index (χ3n) is 5.34. The van der Waals surface area contributed by atoms with Gasteiger partial charge in [0.15, 0.2) is 0 Å². The first-order valence-electron chi connectivity index (χ1n) is 9.79. The molecule has 1 aliphatic rings. The summed E-state index contributed by atoms with van der Waals surface area (Å²) in [6, 6.07) is 7.57. The van der Waals surface area contributed by atoms with Gasteiger partial charge in [-0.2, -0.15) is 0 Å². The molecule has 0 radical (unpaired) electrons. The first-order chi connectivity index (χ1) is 14.9. The fraction of sp³-hybridized carbons (Fsp3) is 0.318. The minimum Gasteiger partial charge on any atom is -0.465 e. The van der Waals surface area contributed by atoms with E-state index >= 15 is 0 Å². The summed E-state index contributed by atoms with van der Waals surface area (Å²) in [7, 11) is 1.24. The first kappa shape index (κ1) is 21.3. The fourth-order valence-electron chi connectivity index (χ4n) is 3.78. The van der Waals surface area contributed by atoms with E-state index in [-0.39, 0.29) is 23.1 Å². The molecule has 162 valence electrons. The highest BCUT2D eigenvalue weighted by atomic mass is 35.5. The Morgan fingerprint density at radius 2 is 2.13 bits per heavy atom. The second-order valence-electron chi connectivity index (χ2n) is 7.33. The number of ether oxygens (including phenoxy) is 2. The Bertz CT molecular complexity index is 1160. The van der Waals surface area contributed by atoms with Crippen LogP contribution in [0.25, 0.3) is 16.9 Å². The Labute approximate surface area is 183 Å². The van der Waals surface area contributed by atoms with Gasteiger partial charge in [-0.15, -0.1) is 0 Å². The largest absolute Gasteiger partial charge is 0.465 e. The Kier molecular flexibility index (Phi) is 5.93. The molecule has 4 rings (SSSR count). The number of carbonyl (C=O) groups is 2. The molecule has 0 N–H and O–H groups in total. The number of hydrogen-bond donors (Lipinski definition) is 0. The van der Waals surface area contributed by atoms with Crippen LogP contribution in [-0.2, 0) is 20.7 Å². The van der Waals surface area contributed by atoms with E-state index in [2.05, 4.69) is 9.72 Å². The second kappa shape index (κ2) is 8.64. The summed E-state index contributed by atoms with van der Waals surface area (Å²) in [6.07, 6.45) is 1.93. The Morgan fingerprint density at radius 1 is 1.32 bits per heavy atom. The molecule has 9 heteroatoms. The zero-order valence-corrected chi connectivity index (χ0v) is 17.9. The lowest BCUT2D eigenvalue weighted by molar-refractivity contribution is -0.136. The van der Waals surface area contributed by atoms with Gasteiger partial charge in [-0.25, -0.2) is 14.2 Å². The lowest BCUT2D eigenvalue weighted by Gasteiger charge is -2.32. The topological polar surface area (TPSA) is 73.1 Å². The number of morpholine rings is 1. The number of fused-ring (bicyclic) bond motifs is 1. The van der Waals surface area contributed by atoms with Crippen molar-refractivity contribution in [3.63, 3.8) is 0 Å². The molecule has 3 aromatic rings. The van der Waals surface area contributed by atoms with Crippen LogP contribution in [-0.4, -0.2) is 59.1 Å². The van der Waals surface area contributed by atoms with Gasteiger partial charge in [0.2, 0.25) is 5.91 Å². The maximum Gasteiger partial charge on any atom is 0.337 e. The highest BCUT2D eigenvalue weighted by Crippen LogP contribution is 2.30. The van der Waals surface area contributed by atoms with Gasteiger partial charge in [0.05, 0.1) is 36.8 Å². The van der Waals surface area contributed by atoms with Crippen LogP contribution < -0.4 is 0 Å². The molecular formula is C22H21ClFN3O4. The zero-order chi connectivity index (χ0) is 22.1. The number of pyridine rings is 1. The van der Waals surface area contributed by atoms with E-state index in [9.17, 15) is 14.0 Å². The zero-order valence-electron chi connectivity index (χ0n) is 17.1. The molecule has 1 saturated heterocycles. The molecule has 1 fully saturated rings. The number of amides is 1. The third kappa shape index (κ3) is 4.26. The number of benzene rings is 1. The van der Waals surface area contributed by atoms with Gasteiger partial charge in [-0.1, -0.05) is 11.6 Å². The van der Waals surface area contributed by atoms with E-state index in [0.29, 0.717) is 42.5 Å². The van der Waals surface area contributed by atoms with Gasteiger partial charge in [-0.3, -0.25) is 4.79 Å². The highest BCUT2D eigenvalue weighted by Gasteiger charge is 2.26. The summed E-state index contributed by atoms with van der Waals surface area (Å²) < 4.78 is 27.4. The van der Waals surface area contributed by atoms with Gasteiger partial charge in [0, 0.05) is 49.3 Å². The molecule has 1 aromatic carbocycles. The van der Waals surface area contributed by atoms with E-state index in [1.54, 1.807) is 23.2 Å². The van der Waals surface area contributed by atoms with Gasteiger partial charge in [0.1, 0.15) is 11.5 Å². The summed E-state index contributed by atoms with van der Waals surface area (Å²) >= 11 is 6.13. The molecular weight excluding hydrogens is 425 g/mol. The maximum atomic E-state index is 15.0. The van der Waals surface area contributed by atoms with Gasteiger partial charge in [-0.05, 0) is 24.3 Å². The van der Waals surface area contributed by atoms with Crippen LogP contribution in [0.2, 0.25) is 5.02 Å². The normalized spacial score (nSPS) is 16.5. The molecule has 1 amide bonds. The number of imidazole rings is 1. The summed E-state index contributed by atoms with van der Waals surface area (Å²) in [5, 5.41) is 0.508. The molecule has 0 spiro atoms. The average molecular weight is 446 g/mol. The smallest absolute Gasteiger partial charge is 0.337 e. The Morgan fingerprint density at radius 3 is 2.84 bits per heavy atom. The van der Waals surface area contributed by atoms with Gasteiger partial charge in [0.25, 0.3) is 0 Å². The van der Waals surface area contributed by atoms with Crippen molar-refractivity contribution < 1.29 is 23.5 Å². The van der Waals surface area contributed by atoms with Crippen molar-refractivity contribution in [3.8, 4) is 11.3 Å². The number of hydrogen-bond acceptors (Lipinski definition) is 5. The quantitative estimate of drug-likeness (QED) is 0.576. The highest BCUT2D eigenvalue weighted by molar-refractivity contribution is 6.30. The summed E-state index contributed by atoms with van der Waals surface area (Å²) in [4.78, 5) is 29.9. The Hall–Kier alpha value is -2.97. The minimum atomic E-state index is -0.618. The molecule has 31 heavy (non-hydrogen) atoms. The van der Waals surface area contributed by atoms with E-state index in [1.807, 2.05) is 4.40 Å². The Balaban J connectivity index is 1.77. The van der Waals surface area contributed by atoms with Crippen LogP contribution >= 0.6 is 11.6 Å². The monoisotopic (exact) mass is 445 g/mol. The fourth-order valence-corrected chi connectivity index (χ4v) is 3.93. The number of methoxy groups -OCH3 is 1. The van der Waals surface area contributed by atoms with E-state index < -0.39 is 11.8 Å². The van der Waals surface area contributed by atoms with Crippen molar-refractivity contribution in [2.24, 2.45) is 0 Å². The number of halogens is 2. The molecule has 1 atom stereocenters. The predicted molar refractivity (Wildman–Crippen MR) is 113 cm³/mol. The van der Waals surface area contributed by atoms with Crippen molar-refractivity contribution >= 4 is 29.1 Å². The molecule has 7 nitrogen and oxygen atoms in total. The van der Waals surface area contributed by atoms with Crippen LogP contribution in [0.4, 0.5) is 4.39 Å². The van der Waals surface area contributed by atoms with Crippen LogP contribution in [0, 0.1) is 5.82 Å². The van der Waals surface area contributed by atoms with Crippen LogP contribution in [0.5, 0.6) is 0 Å². The third-order valence-corrected chi connectivity index (χ3v) is 5.57. The van der Waals surface area contributed by atoms with Crippen molar-refractivity contribution in [2.45, 2.75) is 19.4 Å². The molecule has 1 aliphatic heterocycles. The second-order valence-corrected chi connectivity index (χ2v) is 7.76. The molecule has 0 aliphatic carbocycles. The van der Waals surface area contributed by atoms with E-state index in [4.69, 9.17) is 16.3 Å². The standard InChI is InChI=1S/C22H21ClFN3O4/c1-13(28)26-7-8-31-16(12-26)11-19-21(25-20-10-15(23)5-6-27(19)20)17-4-3-14(9-18(17)24)22(29)30-2/h3-6,9-10,16H,7-8,11-12H2,1-2H3. The average Bonchev–Trinajstić information content (AvgIpc) is 3.10. The maximum absolute atomic E-state index is 15.0. The summed E-state index contributed by atoms with van der Waals surface area (Å²) in [5.74, 6) is -1.22. The predicted octanol–water partition coefficient (Wildman–Crippen LogP) is 3.37. The molecule has 2 aromatic heterocycles. The lowest BCUT2D eigenvalue weighted by atomic mass is 10.0. The number of aromatic nitrogens is 2.